The Morgan fingerprint density at radius 3 is 2.72 bits per heavy atom. The van der Waals surface area contributed by atoms with Crippen LogP contribution in [0.3, 0.4) is 0 Å². The number of carbonyl (C=O) groups excluding carboxylic acids is 1. The fourth-order valence-corrected chi connectivity index (χ4v) is 2.55. The van der Waals surface area contributed by atoms with Gasteiger partial charge in [-0.2, -0.15) is 0 Å². The molecule has 1 aliphatic rings. The van der Waals surface area contributed by atoms with Crippen LogP contribution in [0, 0.1) is 12.8 Å². The van der Waals surface area contributed by atoms with Gasteiger partial charge in [0.2, 0.25) is 5.91 Å². The van der Waals surface area contributed by atoms with E-state index in [1.807, 2.05) is 6.92 Å². The highest BCUT2D eigenvalue weighted by Gasteiger charge is 2.21. The number of aryl methyl sites for hydroxylation is 1. The van der Waals surface area contributed by atoms with Gasteiger partial charge >= 0.3 is 0 Å². The number of amides is 1. The van der Waals surface area contributed by atoms with E-state index in [9.17, 15) is 4.79 Å². The summed E-state index contributed by atoms with van der Waals surface area (Å²) in [6.07, 6.45) is 2.41. The molecular formula is C12H17ClN4O. The molecule has 0 spiro atoms. The molecule has 1 fully saturated rings. The molecular weight excluding hydrogens is 252 g/mol. The molecule has 0 unspecified atom stereocenters. The molecule has 0 aliphatic carbocycles. The minimum absolute atomic E-state index is 0.214. The van der Waals surface area contributed by atoms with Crippen LogP contribution in [-0.2, 0) is 4.79 Å². The number of hydrogen-bond acceptors (Lipinski definition) is 4. The summed E-state index contributed by atoms with van der Waals surface area (Å²) >= 11 is 5.93. The number of primary amides is 1. The molecule has 6 heteroatoms. The first-order chi connectivity index (χ1) is 8.54. The summed E-state index contributed by atoms with van der Waals surface area (Å²) in [6.45, 7) is 3.59. The second kappa shape index (κ2) is 5.52. The van der Waals surface area contributed by atoms with Crippen LogP contribution in [0.2, 0.25) is 5.15 Å². The van der Waals surface area contributed by atoms with Gasteiger partial charge in [-0.1, -0.05) is 11.6 Å². The third-order valence-electron chi connectivity index (χ3n) is 3.22. The predicted octanol–water partition coefficient (Wildman–Crippen LogP) is 1.53. The number of rotatable bonds is 3. The van der Waals surface area contributed by atoms with Crippen LogP contribution in [0.15, 0.2) is 6.07 Å². The van der Waals surface area contributed by atoms with Crippen LogP contribution in [0.5, 0.6) is 0 Å². The third kappa shape index (κ3) is 3.32. The smallest absolute Gasteiger partial charge is 0.217 e. The van der Waals surface area contributed by atoms with Crippen LogP contribution in [-0.4, -0.2) is 29.0 Å². The summed E-state index contributed by atoms with van der Waals surface area (Å²) < 4.78 is 0. The van der Waals surface area contributed by atoms with Crippen LogP contribution < -0.4 is 10.6 Å². The van der Waals surface area contributed by atoms with Crippen LogP contribution >= 0.6 is 11.6 Å². The number of halogens is 1. The van der Waals surface area contributed by atoms with Crippen LogP contribution in [0.4, 0.5) is 5.82 Å². The zero-order valence-corrected chi connectivity index (χ0v) is 11.2. The molecule has 0 bridgehead atoms. The van der Waals surface area contributed by atoms with E-state index in [1.54, 1.807) is 6.07 Å². The highest BCUT2D eigenvalue weighted by atomic mass is 35.5. The van der Waals surface area contributed by atoms with E-state index < -0.39 is 0 Å². The SMILES string of the molecule is Cc1nc(Cl)cc(N2CCC(CC(N)=O)CC2)n1. The quantitative estimate of drug-likeness (QED) is 0.844. The van der Waals surface area contributed by atoms with Crippen molar-refractivity contribution in [2.45, 2.75) is 26.2 Å². The number of piperidine rings is 1. The van der Waals surface area contributed by atoms with Gasteiger partial charge in [0.25, 0.3) is 0 Å². The van der Waals surface area contributed by atoms with Crippen molar-refractivity contribution in [3.05, 3.63) is 17.0 Å². The minimum Gasteiger partial charge on any atom is -0.370 e. The maximum atomic E-state index is 10.9. The van der Waals surface area contributed by atoms with Gasteiger partial charge in [-0.05, 0) is 25.7 Å². The van der Waals surface area contributed by atoms with Gasteiger partial charge in [-0.3, -0.25) is 4.79 Å². The number of nitrogens with two attached hydrogens (primary N) is 1. The summed E-state index contributed by atoms with van der Waals surface area (Å²) in [5, 5.41) is 0.469. The van der Waals surface area contributed by atoms with Gasteiger partial charge in [0, 0.05) is 25.6 Å². The molecule has 0 atom stereocenters. The Morgan fingerprint density at radius 1 is 1.50 bits per heavy atom. The first-order valence-electron chi connectivity index (χ1n) is 6.09. The second-order valence-corrected chi connectivity index (χ2v) is 5.08. The summed E-state index contributed by atoms with van der Waals surface area (Å²) in [5.74, 6) is 1.73. The van der Waals surface area contributed by atoms with Crippen molar-refractivity contribution >= 4 is 23.3 Å². The van der Waals surface area contributed by atoms with E-state index >= 15 is 0 Å². The number of anilines is 1. The Morgan fingerprint density at radius 2 is 2.17 bits per heavy atom. The molecule has 1 amide bonds. The van der Waals surface area contributed by atoms with E-state index in [0.717, 1.165) is 31.7 Å². The summed E-state index contributed by atoms with van der Waals surface area (Å²) in [6, 6.07) is 1.78. The number of nitrogens with zero attached hydrogens (tertiary/aromatic N) is 3. The van der Waals surface area contributed by atoms with Crippen molar-refractivity contribution < 1.29 is 4.79 Å². The van der Waals surface area contributed by atoms with Gasteiger partial charge in [-0.25, -0.2) is 9.97 Å². The molecule has 0 saturated carbocycles. The molecule has 0 radical (unpaired) electrons. The molecule has 98 valence electrons. The van der Waals surface area contributed by atoms with Gasteiger partial charge in [0.1, 0.15) is 16.8 Å². The molecule has 5 nitrogen and oxygen atoms in total. The van der Waals surface area contributed by atoms with Crippen molar-refractivity contribution in [2.75, 3.05) is 18.0 Å². The lowest BCUT2D eigenvalue weighted by molar-refractivity contribution is -0.119. The fourth-order valence-electron chi connectivity index (χ4n) is 2.33. The van der Waals surface area contributed by atoms with Gasteiger partial charge in [-0.15, -0.1) is 0 Å². The van der Waals surface area contributed by atoms with Crippen LogP contribution in [0.25, 0.3) is 0 Å². The van der Waals surface area contributed by atoms with Crippen molar-refractivity contribution in [2.24, 2.45) is 11.7 Å². The molecule has 1 saturated heterocycles. The lowest BCUT2D eigenvalue weighted by Crippen LogP contribution is -2.35. The first-order valence-corrected chi connectivity index (χ1v) is 6.47. The largest absolute Gasteiger partial charge is 0.370 e. The Kier molecular flexibility index (Phi) is 4.01. The topological polar surface area (TPSA) is 72.1 Å². The maximum absolute atomic E-state index is 10.9. The van der Waals surface area contributed by atoms with E-state index in [-0.39, 0.29) is 5.91 Å². The zero-order valence-electron chi connectivity index (χ0n) is 10.4. The average molecular weight is 269 g/mol. The standard InChI is InChI=1S/C12H17ClN4O/c1-8-15-10(13)7-12(16-8)17-4-2-9(3-5-17)6-11(14)18/h7,9H,2-6H2,1H3,(H2,14,18). The molecule has 2 N–H and O–H groups in total. The van der Waals surface area contributed by atoms with Gasteiger partial charge in [0.15, 0.2) is 0 Å². The molecule has 1 aromatic rings. The van der Waals surface area contributed by atoms with E-state index in [2.05, 4.69) is 14.9 Å². The van der Waals surface area contributed by atoms with Gasteiger partial charge < -0.3 is 10.6 Å². The lowest BCUT2D eigenvalue weighted by atomic mass is 9.93. The summed E-state index contributed by atoms with van der Waals surface area (Å²) in [4.78, 5) is 21.5. The van der Waals surface area contributed by atoms with E-state index in [1.165, 1.54) is 0 Å². The first kappa shape index (κ1) is 13.1. The third-order valence-corrected chi connectivity index (χ3v) is 3.42. The Balaban J connectivity index is 1.98. The minimum atomic E-state index is -0.214. The highest BCUT2D eigenvalue weighted by Crippen LogP contribution is 2.25. The zero-order chi connectivity index (χ0) is 13.1. The maximum Gasteiger partial charge on any atom is 0.217 e. The fraction of sp³-hybridized carbons (Fsp3) is 0.583. The molecule has 2 heterocycles. The normalized spacial score (nSPS) is 16.9. The Bertz CT molecular complexity index is 423. The predicted molar refractivity (Wildman–Crippen MR) is 70.5 cm³/mol. The van der Waals surface area contributed by atoms with Crippen molar-refractivity contribution in [1.29, 1.82) is 0 Å². The summed E-state index contributed by atoms with van der Waals surface area (Å²) in [7, 11) is 0. The molecule has 1 aromatic heterocycles. The van der Waals surface area contributed by atoms with E-state index in [4.69, 9.17) is 17.3 Å². The number of hydrogen-bond donors (Lipinski definition) is 1. The second-order valence-electron chi connectivity index (χ2n) is 4.70. The lowest BCUT2D eigenvalue weighted by Gasteiger charge is -2.32. The van der Waals surface area contributed by atoms with Crippen molar-refractivity contribution in [1.82, 2.24) is 9.97 Å². The molecule has 2 rings (SSSR count). The Labute approximate surface area is 111 Å². The molecule has 1 aliphatic heterocycles. The summed E-state index contributed by atoms with van der Waals surface area (Å²) in [5.41, 5.74) is 5.22. The molecule has 0 aromatic carbocycles. The monoisotopic (exact) mass is 268 g/mol. The van der Waals surface area contributed by atoms with E-state index in [0.29, 0.717) is 23.3 Å². The van der Waals surface area contributed by atoms with Crippen molar-refractivity contribution in [3.63, 3.8) is 0 Å². The number of aromatic nitrogens is 2. The molecule has 18 heavy (non-hydrogen) atoms. The number of carbonyl (C=O) groups is 1. The Hall–Kier alpha value is -1.36. The van der Waals surface area contributed by atoms with Crippen LogP contribution in [0.1, 0.15) is 25.1 Å². The highest BCUT2D eigenvalue weighted by molar-refractivity contribution is 6.29. The average Bonchev–Trinajstić information content (AvgIpc) is 2.27. The van der Waals surface area contributed by atoms with Crippen molar-refractivity contribution in [3.8, 4) is 0 Å². The van der Waals surface area contributed by atoms with Gasteiger partial charge in [0.05, 0.1) is 0 Å².